The number of carbonyl (C=O) groups is 1. The molecule has 8 heteroatoms. The summed E-state index contributed by atoms with van der Waals surface area (Å²) in [6.45, 7) is 6.70. The minimum atomic E-state index is -4.01. The number of aryl methyl sites for hydroxylation is 2. The molecule has 0 radical (unpaired) electrons. The summed E-state index contributed by atoms with van der Waals surface area (Å²) < 4.78 is 28.5. The van der Waals surface area contributed by atoms with Gasteiger partial charge in [0.1, 0.15) is 6.54 Å². The lowest BCUT2D eigenvalue weighted by molar-refractivity contribution is -0.119. The molecule has 3 aromatic carbocycles. The van der Waals surface area contributed by atoms with E-state index in [9.17, 15) is 13.2 Å². The molecule has 1 aliphatic heterocycles. The fraction of sp³-hybridized carbons (Fsp3) is 0.345. The maximum Gasteiger partial charge on any atom is 0.264 e. The van der Waals surface area contributed by atoms with Crippen LogP contribution in [0.4, 0.5) is 5.69 Å². The van der Waals surface area contributed by atoms with Gasteiger partial charge in [0.25, 0.3) is 10.0 Å². The second-order valence-corrected chi connectivity index (χ2v) is 11.9. The molecule has 1 aliphatic rings. The van der Waals surface area contributed by atoms with E-state index in [1.807, 2.05) is 25.1 Å². The average Bonchev–Trinajstić information content (AvgIpc) is 2.89. The van der Waals surface area contributed by atoms with Crippen LogP contribution in [0.3, 0.4) is 0 Å². The van der Waals surface area contributed by atoms with Crippen molar-refractivity contribution < 1.29 is 13.2 Å². The number of amides is 1. The Bertz CT molecular complexity index is 1340. The number of piperidine rings is 1. The quantitative estimate of drug-likeness (QED) is 0.392. The number of hydrogen-bond donors (Lipinski definition) is 1. The van der Waals surface area contributed by atoms with Gasteiger partial charge in [-0.05, 0) is 80.7 Å². The number of likely N-dealkylation sites (tertiary alicyclic amines) is 1. The molecule has 0 bridgehead atoms. The zero-order valence-corrected chi connectivity index (χ0v) is 23.0. The van der Waals surface area contributed by atoms with Crippen molar-refractivity contribution in [2.24, 2.45) is 0 Å². The summed E-state index contributed by atoms with van der Waals surface area (Å²) in [4.78, 5) is 15.7. The maximum absolute atomic E-state index is 13.7. The second kappa shape index (κ2) is 12.1. The molecule has 0 spiro atoms. The van der Waals surface area contributed by atoms with Gasteiger partial charge in [-0.15, -0.1) is 0 Å². The van der Waals surface area contributed by atoms with Crippen LogP contribution in [-0.4, -0.2) is 38.9 Å². The molecule has 0 aromatic heterocycles. The zero-order valence-electron chi connectivity index (χ0n) is 21.4. The molecule has 4 rings (SSSR count). The van der Waals surface area contributed by atoms with E-state index in [2.05, 4.69) is 16.3 Å². The molecule has 1 fully saturated rings. The SMILES string of the molecule is Cc1ccc(S(=O)(=O)N(CC(=O)NCc2ccccc2CN2CCCCC2)c2cc(Cl)ccc2C)cc1. The lowest BCUT2D eigenvalue weighted by atomic mass is 10.0. The highest BCUT2D eigenvalue weighted by molar-refractivity contribution is 7.92. The lowest BCUT2D eigenvalue weighted by Gasteiger charge is -2.27. The minimum absolute atomic E-state index is 0.122. The summed E-state index contributed by atoms with van der Waals surface area (Å²) in [6, 6.07) is 19.8. The monoisotopic (exact) mass is 539 g/mol. The van der Waals surface area contributed by atoms with Crippen molar-refractivity contribution >= 4 is 33.2 Å². The lowest BCUT2D eigenvalue weighted by Crippen LogP contribution is -2.41. The van der Waals surface area contributed by atoms with E-state index in [1.54, 1.807) is 49.4 Å². The predicted octanol–water partition coefficient (Wildman–Crippen LogP) is 5.45. The van der Waals surface area contributed by atoms with E-state index in [0.717, 1.165) is 35.1 Å². The van der Waals surface area contributed by atoms with Gasteiger partial charge in [0.05, 0.1) is 10.6 Å². The highest BCUT2D eigenvalue weighted by atomic mass is 35.5. The topological polar surface area (TPSA) is 69.7 Å². The molecule has 6 nitrogen and oxygen atoms in total. The molecule has 1 N–H and O–H groups in total. The van der Waals surface area contributed by atoms with E-state index in [4.69, 9.17) is 11.6 Å². The van der Waals surface area contributed by atoms with Crippen molar-refractivity contribution in [1.29, 1.82) is 0 Å². The van der Waals surface area contributed by atoms with Crippen LogP contribution in [0.15, 0.2) is 71.6 Å². The summed E-state index contributed by atoms with van der Waals surface area (Å²) >= 11 is 6.23. The van der Waals surface area contributed by atoms with E-state index in [1.165, 1.54) is 24.8 Å². The third-order valence-electron chi connectivity index (χ3n) is 6.77. The predicted molar refractivity (Wildman–Crippen MR) is 149 cm³/mol. The summed E-state index contributed by atoms with van der Waals surface area (Å²) in [5.74, 6) is -0.386. The molecule has 1 saturated heterocycles. The van der Waals surface area contributed by atoms with Crippen LogP contribution in [0.2, 0.25) is 5.02 Å². The van der Waals surface area contributed by atoms with Gasteiger partial charge in [-0.25, -0.2) is 8.42 Å². The van der Waals surface area contributed by atoms with Gasteiger partial charge in [0.15, 0.2) is 0 Å². The number of rotatable bonds is 9. The van der Waals surface area contributed by atoms with Crippen LogP contribution in [0.25, 0.3) is 0 Å². The molecule has 3 aromatic rings. The Morgan fingerprint density at radius 2 is 1.62 bits per heavy atom. The minimum Gasteiger partial charge on any atom is -0.350 e. The number of nitrogens with one attached hydrogen (secondary N) is 1. The molecule has 1 amide bonds. The first-order valence-corrected chi connectivity index (χ1v) is 14.5. The van der Waals surface area contributed by atoms with Gasteiger partial charge in [0.2, 0.25) is 5.91 Å². The van der Waals surface area contributed by atoms with Crippen LogP contribution in [0.1, 0.15) is 41.5 Å². The molecule has 0 aliphatic carbocycles. The molecular weight excluding hydrogens is 506 g/mol. The van der Waals surface area contributed by atoms with E-state index in [0.29, 0.717) is 22.8 Å². The van der Waals surface area contributed by atoms with Gasteiger partial charge >= 0.3 is 0 Å². The maximum atomic E-state index is 13.7. The summed E-state index contributed by atoms with van der Waals surface area (Å²) in [5.41, 5.74) is 4.26. The fourth-order valence-electron chi connectivity index (χ4n) is 4.61. The van der Waals surface area contributed by atoms with Crippen LogP contribution >= 0.6 is 11.6 Å². The smallest absolute Gasteiger partial charge is 0.264 e. The van der Waals surface area contributed by atoms with Gasteiger partial charge in [-0.1, -0.05) is 66.0 Å². The summed E-state index contributed by atoms with van der Waals surface area (Å²) in [7, 11) is -4.01. The Morgan fingerprint density at radius 1 is 0.946 bits per heavy atom. The highest BCUT2D eigenvalue weighted by Gasteiger charge is 2.28. The van der Waals surface area contributed by atoms with Gasteiger partial charge in [0, 0.05) is 18.1 Å². The van der Waals surface area contributed by atoms with Gasteiger partial charge in [-0.2, -0.15) is 0 Å². The zero-order chi connectivity index (χ0) is 26.4. The molecule has 196 valence electrons. The van der Waals surface area contributed by atoms with Crippen molar-refractivity contribution in [3.63, 3.8) is 0 Å². The Morgan fingerprint density at radius 3 is 2.32 bits per heavy atom. The number of anilines is 1. The Labute approximate surface area is 225 Å². The van der Waals surface area contributed by atoms with Gasteiger partial charge in [-0.3, -0.25) is 14.0 Å². The van der Waals surface area contributed by atoms with Crippen LogP contribution < -0.4 is 9.62 Å². The molecule has 1 heterocycles. The number of nitrogens with zero attached hydrogens (tertiary/aromatic N) is 2. The molecule has 0 unspecified atom stereocenters. The normalized spacial score (nSPS) is 14.4. The van der Waals surface area contributed by atoms with Gasteiger partial charge < -0.3 is 5.32 Å². The van der Waals surface area contributed by atoms with Crippen LogP contribution in [-0.2, 0) is 27.9 Å². The number of carbonyl (C=O) groups excluding carboxylic acids is 1. The Kier molecular flexibility index (Phi) is 8.90. The molecule has 37 heavy (non-hydrogen) atoms. The number of hydrogen-bond acceptors (Lipinski definition) is 4. The molecule has 0 atom stereocenters. The van der Waals surface area contributed by atoms with E-state index >= 15 is 0 Å². The largest absolute Gasteiger partial charge is 0.350 e. The van der Waals surface area contributed by atoms with Crippen LogP contribution in [0.5, 0.6) is 0 Å². The summed E-state index contributed by atoms with van der Waals surface area (Å²) in [5, 5.41) is 3.35. The third kappa shape index (κ3) is 6.92. The van der Waals surface area contributed by atoms with Crippen LogP contribution in [0, 0.1) is 13.8 Å². The van der Waals surface area contributed by atoms with Crippen molar-refractivity contribution in [3.05, 3.63) is 94.0 Å². The highest BCUT2D eigenvalue weighted by Crippen LogP contribution is 2.29. The first-order valence-electron chi connectivity index (χ1n) is 12.7. The van der Waals surface area contributed by atoms with E-state index in [-0.39, 0.29) is 17.3 Å². The second-order valence-electron chi connectivity index (χ2n) is 9.64. The Balaban J connectivity index is 1.54. The van der Waals surface area contributed by atoms with Crippen molar-refractivity contribution in [2.75, 3.05) is 23.9 Å². The van der Waals surface area contributed by atoms with Crippen molar-refractivity contribution in [1.82, 2.24) is 10.2 Å². The number of halogens is 1. The first kappa shape index (κ1) is 27.2. The van der Waals surface area contributed by atoms with Crippen molar-refractivity contribution in [3.8, 4) is 0 Å². The van der Waals surface area contributed by atoms with Crippen molar-refractivity contribution in [2.45, 2.75) is 51.1 Å². The van der Waals surface area contributed by atoms with E-state index < -0.39 is 10.0 Å². The average molecular weight is 540 g/mol. The number of benzene rings is 3. The molecular formula is C29H34ClN3O3S. The summed E-state index contributed by atoms with van der Waals surface area (Å²) in [6.07, 6.45) is 3.71. The molecule has 0 saturated carbocycles. The first-order chi connectivity index (χ1) is 17.7. The fourth-order valence-corrected chi connectivity index (χ4v) is 6.25. The third-order valence-corrected chi connectivity index (χ3v) is 8.78. The Hall–Kier alpha value is -2.87. The standard InChI is InChI=1S/C29H34ClN3O3S/c1-22-10-14-27(15-11-22)37(35,36)33(28-18-26(30)13-12-23(28)2)21-29(34)31-19-24-8-4-5-9-25(24)20-32-16-6-3-7-17-32/h4-5,8-15,18H,3,6-7,16-17,19-21H2,1-2H3,(H,31,34). The number of sulfonamides is 1.